The second-order valence-electron chi connectivity index (χ2n) is 5.77. The van der Waals surface area contributed by atoms with Gasteiger partial charge < -0.3 is 10.6 Å². The van der Waals surface area contributed by atoms with Crippen LogP contribution in [-0.2, 0) is 17.4 Å². The minimum atomic E-state index is -4.81. The van der Waals surface area contributed by atoms with Gasteiger partial charge in [-0.25, -0.2) is 14.2 Å². The number of carbonyl (C=O) groups excluding carboxylic acids is 2. The van der Waals surface area contributed by atoms with Crippen molar-refractivity contribution in [3.63, 3.8) is 0 Å². The zero-order valence-corrected chi connectivity index (χ0v) is 14.6. The Morgan fingerprint density at radius 2 is 2.15 bits per heavy atom. The van der Waals surface area contributed by atoms with Gasteiger partial charge in [-0.3, -0.25) is 9.69 Å². The fraction of sp³-hybridized carbons (Fsp3) is 0.312. The summed E-state index contributed by atoms with van der Waals surface area (Å²) in [7, 11) is 0. The van der Waals surface area contributed by atoms with Crippen LogP contribution in [-0.4, -0.2) is 30.0 Å². The number of urea groups is 1. The van der Waals surface area contributed by atoms with E-state index in [9.17, 15) is 27.2 Å². The third-order valence-electron chi connectivity index (χ3n) is 3.75. The lowest BCUT2D eigenvalue weighted by Gasteiger charge is -2.24. The van der Waals surface area contributed by atoms with E-state index >= 15 is 0 Å². The van der Waals surface area contributed by atoms with Crippen LogP contribution in [0.25, 0.3) is 0 Å². The van der Waals surface area contributed by atoms with E-state index < -0.39 is 29.2 Å². The topological polar surface area (TPSA) is 74.3 Å². The Hall–Kier alpha value is -2.69. The molecule has 1 aliphatic rings. The Kier molecular flexibility index (Phi) is 5.31. The molecule has 3 amide bonds. The summed E-state index contributed by atoms with van der Waals surface area (Å²) in [6.45, 7) is 1.07. The number of aromatic nitrogens is 1. The maximum absolute atomic E-state index is 13.1. The Bertz CT molecular complexity index is 868. The average molecular weight is 402 g/mol. The van der Waals surface area contributed by atoms with Crippen molar-refractivity contribution < 1.29 is 27.2 Å². The van der Waals surface area contributed by atoms with Crippen molar-refractivity contribution in [2.24, 2.45) is 0 Å². The molecule has 0 saturated carbocycles. The van der Waals surface area contributed by atoms with Gasteiger partial charge in [-0.15, -0.1) is 11.3 Å². The minimum absolute atomic E-state index is 0.277. The maximum atomic E-state index is 13.1. The Balaban J connectivity index is 1.70. The number of benzene rings is 1. The number of rotatable bonds is 4. The first-order valence-electron chi connectivity index (χ1n) is 7.90. The molecule has 6 nitrogen and oxygen atoms in total. The second kappa shape index (κ2) is 7.51. The number of alkyl halides is 3. The predicted octanol–water partition coefficient (Wildman–Crippen LogP) is 3.40. The molecule has 0 radical (unpaired) electrons. The molecular formula is C16H14F4N4O2S. The van der Waals surface area contributed by atoms with Gasteiger partial charge in [0.25, 0.3) is 0 Å². The highest BCUT2D eigenvalue weighted by atomic mass is 32.1. The van der Waals surface area contributed by atoms with E-state index in [4.69, 9.17) is 0 Å². The van der Waals surface area contributed by atoms with Gasteiger partial charge in [-0.05, 0) is 24.6 Å². The molecule has 1 fully saturated rings. The summed E-state index contributed by atoms with van der Waals surface area (Å²) in [5, 5.41) is 6.78. The smallest absolute Gasteiger partial charge is 0.338 e. The number of anilines is 2. The van der Waals surface area contributed by atoms with Crippen molar-refractivity contribution in [2.45, 2.75) is 19.0 Å². The van der Waals surface area contributed by atoms with Crippen LogP contribution in [0.1, 0.15) is 17.7 Å². The largest absolute Gasteiger partial charge is 0.418 e. The zero-order valence-electron chi connectivity index (χ0n) is 13.8. The van der Waals surface area contributed by atoms with Crippen molar-refractivity contribution in [1.82, 2.24) is 10.3 Å². The van der Waals surface area contributed by atoms with Gasteiger partial charge in [0.05, 0.1) is 23.4 Å². The molecule has 2 heterocycles. The van der Waals surface area contributed by atoms with Crippen LogP contribution < -0.4 is 15.5 Å². The van der Waals surface area contributed by atoms with E-state index in [1.165, 1.54) is 4.90 Å². The molecule has 1 aromatic carbocycles. The molecule has 2 N–H and O–H groups in total. The maximum Gasteiger partial charge on any atom is 0.418 e. The van der Waals surface area contributed by atoms with Gasteiger partial charge in [0.2, 0.25) is 5.91 Å². The van der Waals surface area contributed by atoms with Gasteiger partial charge in [0.15, 0.2) is 5.13 Å². The summed E-state index contributed by atoms with van der Waals surface area (Å²) in [6, 6.07) is 1.74. The van der Waals surface area contributed by atoms with Crippen LogP contribution in [0.3, 0.4) is 0 Å². The molecule has 1 aromatic heterocycles. The van der Waals surface area contributed by atoms with E-state index in [0.29, 0.717) is 30.0 Å². The number of nitrogens with zero attached hydrogens (tertiary/aromatic N) is 2. The SMILES string of the molecule is O=C(Cc1csc(N2CCCNC2=O)n1)Nc1ccc(F)cc1C(F)(F)F. The quantitative estimate of drug-likeness (QED) is 0.770. The molecular weight excluding hydrogens is 388 g/mol. The number of carbonyl (C=O) groups is 2. The normalized spacial score (nSPS) is 14.8. The van der Waals surface area contributed by atoms with Crippen molar-refractivity contribution in [1.29, 1.82) is 0 Å². The molecule has 0 aliphatic carbocycles. The number of hydrogen-bond acceptors (Lipinski definition) is 4. The number of halogens is 4. The van der Waals surface area contributed by atoms with Crippen molar-refractivity contribution in [3.05, 3.63) is 40.7 Å². The van der Waals surface area contributed by atoms with Crippen molar-refractivity contribution in [2.75, 3.05) is 23.3 Å². The highest BCUT2D eigenvalue weighted by molar-refractivity contribution is 7.14. The molecule has 3 rings (SSSR count). The van der Waals surface area contributed by atoms with Crippen molar-refractivity contribution in [3.8, 4) is 0 Å². The van der Waals surface area contributed by atoms with Gasteiger partial charge in [0, 0.05) is 18.5 Å². The molecule has 11 heteroatoms. The highest BCUT2D eigenvalue weighted by Crippen LogP contribution is 2.35. The third kappa shape index (κ3) is 4.54. The molecule has 0 bridgehead atoms. The van der Waals surface area contributed by atoms with Gasteiger partial charge in [-0.1, -0.05) is 0 Å². The highest BCUT2D eigenvalue weighted by Gasteiger charge is 2.34. The van der Waals surface area contributed by atoms with Crippen LogP contribution in [0.15, 0.2) is 23.6 Å². The number of hydrogen-bond donors (Lipinski definition) is 2. The Morgan fingerprint density at radius 3 is 2.85 bits per heavy atom. The number of amides is 3. The zero-order chi connectivity index (χ0) is 19.6. The summed E-state index contributed by atoms with van der Waals surface area (Å²) < 4.78 is 52.1. The van der Waals surface area contributed by atoms with Crippen LogP contribution in [0.4, 0.5) is 33.2 Å². The van der Waals surface area contributed by atoms with Crippen LogP contribution >= 0.6 is 11.3 Å². The molecule has 0 unspecified atom stereocenters. The van der Waals surface area contributed by atoms with Gasteiger partial charge in [0.1, 0.15) is 5.82 Å². The number of thiazole rings is 1. The molecule has 1 saturated heterocycles. The van der Waals surface area contributed by atoms with Crippen molar-refractivity contribution >= 4 is 34.1 Å². The summed E-state index contributed by atoms with van der Waals surface area (Å²) in [5.41, 5.74) is -1.47. The van der Waals surface area contributed by atoms with Crippen LogP contribution in [0.5, 0.6) is 0 Å². The number of nitrogens with one attached hydrogen (secondary N) is 2. The molecule has 0 spiro atoms. The molecule has 144 valence electrons. The first kappa shape index (κ1) is 19.1. The monoisotopic (exact) mass is 402 g/mol. The van der Waals surface area contributed by atoms with E-state index in [1.54, 1.807) is 5.38 Å². The van der Waals surface area contributed by atoms with Crippen LogP contribution in [0.2, 0.25) is 0 Å². The Labute approximate surface area is 155 Å². The molecule has 0 atom stereocenters. The third-order valence-corrected chi connectivity index (χ3v) is 4.67. The van der Waals surface area contributed by atoms with Gasteiger partial charge in [-0.2, -0.15) is 13.2 Å². The fourth-order valence-electron chi connectivity index (χ4n) is 2.53. The first-order chi connectivity index (χ1) is 12.7. The summed E-state index contributed by atoms with van der Waals surface area (Å²) in [6.07, 6.45) is -4.33. The van der Waals surface area contributed by atoms with Crippen LogP contribution in [0, 0.1) is 5.82 Å². The van der Waals surface area contributed by atoms with Gasteiger partial charge >= 0.3 is 12.2 Å². The standard InChI is InChI=1S/C16H14F4N4O2S/c17-9-2-3-12(11(6-9)16(18,19)20)23-13(25)7-10-8-27-15(22-10)24-5-1-4-21-14(24)26/h2-3,6,8H,1,4-5,7H2,(H,21,26)(H,23,25). The molecule has 2 aromatic rings. The lowest BCUT2D eigenvalue weighted by molar-refractivity contribution is -0.137. The molecule has 1 aliphatic heterocycles. The lowest BCUT2D eigenvalue weighted by atomic mass is 10.1. The minimum Gasteiger partial charge on any atom is -0.338 e. The Morgan fingerprint density at radius 1 is 1.37 bits per heavy atom. The fourth-order valence-corrected chi connectivity index (χ4v) is 3.38. The van der Waals surface area contributed by atoms with E-state index in [2.05, 4.69) is 15.6 Å². The van der Waals surface area contributed by atoms with E-state index in [0.717, 1.165) is 29.9 Å². The van der Waals surface area contributed by atoms with E-state index in [-0.39, 0.29) is 12.5 Å². The molecule has 27 heavy (non-hydrogen) atoms. The first-order valence-corrected chi connectivity index (χ1v) is 8.78. The van der Waals surface area contributed by atoms with E-state index in [1.807, 2.05) is 0 Å². The average Bonchev–Trinajstić information content (AvgIpc) is 3.04. The second-order valence-corrected chi connectivity index (χ2v) is 6.61. The summed E-state index contributed by atoms with van der Waals surface area (Å²) in [5.74, 6) is -1.78. The summed E-state index contributed by atoms with van der Waals surface area (Å²) in [4.78, 5) is 29.5. The summed E-state index contributed by atoms with van der Waals surface area (Å²) >= 11 is 1.16. The lowest BCUT2D eigenvalue weighted by Crippen LogP contribution is -2.46. The predicted molar refractivity (Wildman–Crippen MR) is 91.2 cm³/mol.